The van der Waals surface area contributed by atoms with Gasteiger partial charge in [-0.05, 0) is 49.7 Å². The maximum Gasteiger partial charge on any atom is 0.243 e. The summed E-state index contributed by atoms with van der Waals surface area (Å²) in [5.74, 6) is -2.16. The van der Waals surface area contributed by atoms with Crippen LogP contribution in [0.25, 0.3) is 10.2 Å². The third-order valence-electron chi connectivity index (χ3n) is 7.54. The standard InChI is InChI=1S/C27H37N5O6S2/c1-15(2)22(31-40(4,37)38)27(36)32-12-10-16(3)13-20(32)25(35)29-19(14-17-9-11-28-24(17)34)23(33)26-30-18-7-5-6-8-21(18)39-26/h5-8,15-17,19-20,22,31H,9-14H2,1-4H3,(H,28,34)(H,29,35)/t16-,17-,19-,20-,22-/m0/s1. The van der Waals surface area contributed by atoms with Crippen molar-refractivity contribution >= 4 is 55.1 Å². The Morgan fingerprint density at radius 3 is 2.55 bits per heavy atom. The average Bonchev–Trinajstić information content (AvgIpc) is 3.51. The van der Waals surface area contributed by atoms with Gasteiger partial charge in [0.25, 0.3) is 0 Å². The van der Waals surface area contributed by atoms with Crippen LogP contribution in [0.5, 0.6) is 0 Å². The van der Waals surface area contributed by atoms with Crippen LogP contribution in [0.3, 0.4) is 0 Å². The molecule has 2 aliphatic rings. The maximum atomic E-state index is 13.8. The van der Waals surface area contributed by atoms with Gasteiger partial charge in [-0.15, -0.1) is 11.3 Å². The molecule has 0 radical (unpaired) electrons. The number of carbonyl (C=O) groups is 4. The predicted octanol–water partition coefficient (Wildman–Crippen LogP) is 1.69. The highest BCUT2D eigenvalue weighted by Crippen LogP contribution is 2.27. The van der Waals surface area contributed by atoms with Crippen molar-refractivity contribution < 1.29 is 27.6 Å². The van der Waals surface area contributed by atoms with Crippen molar-refractivity contribution in [2.75, 3.05) is 19.3 Å². The number of hydrogen-bond acceptors (Lipinski definition) is 8. The van der Waals surface area contributed by atoms with Crippen molar-refractivity contribution in [3.8, 4) is 0 Å². The number of amides is 3. The lowest BCUT2D eigenvalue weighted by Gasteiger charge is -2.40. The molecule has 0 aliphatic carbocycles. The van der Waals surface area contributed by atoms with Crippen LogP contribution in [-0.2, 0) is 24.4 Å². The Labute approximate surface area is 238 Å². The average molecular weight is 592 g/mol. The van der Waals surface area contributed by atoms with Crippen molar-refractivity contribution in [3.05, 3.63) is 29.3 Å². The highest BCUT2D eigenvalue weighted by atomic mass is 32.2. The van der Waals surface area contributed by atoms with E-state index in [0.29, 0.717) is 31.3 Å². The minimum atomic E-state index is -3.68. The van der Waals surface area contributed by atoms with Gasteiger partial charge in [0, 0.05) is 19.0 Å². The summed E-state index contributed by atoms with van der Waals surface area (Å²) in [6, 6.07) is 4.44. The van der Waals surface area contributed by atoms with Crippen molar-refractivity contribution in [1.29, 1.82) is 0 Å². The molecule has 40 heavy (non-hydrogen) atoms. The summed E-state index contributed by atoms with van der Waals surface area (Å²) in [4.78, 5) is 59.4. The van der Waals surface area contributed by atoms with E-state index in [-0.39, 0.29) is 41.5 Å². The number of piperidine rings is 1. The summed E-state index contributed by atoms with van der Waals surface area (Å²) in [7, 11) is -3.68. The number of benzene rings is 1. The Balaban J connectivity index is 1.60. The van der Waals surface area contributed by atoms with E-state index >= 15 is 0 Å². The molecule has 3 heterocycles. The highest BCUT2D eigenvalue weighted by Gasteiger charge is 2.41. The number of nitrogens with zero attached hydrogens (tertiary/aromatic N) is 2. The van der Waals surface area contributed by atoms with Gasteiger partial charge >= 0.3 is 0 Å². The topological polar surface area (TPSA) is 155 Å². The second kappa shape index (κ2) is 12.3. The Morgan fingerprint density at radius 2 is 1.93 bits per heavy atom. The third kappa shape index (κ3) is 7.05. The van der Waals surface area contributed by atoms with Gasteiger partial charge in [-0.3, -0.25) is 19.2 Å². The molecule has 4 rings (SSSR count). The van der Waals surface area contributed by atoms with Gasteiger partial charge in [-0.1, -0.05) is 32.9 Å². The lowest BCUT2D eigenvalue weighted by Crippen LogP contribution is -2.60. The van der Waals surface area contributed by atoms with Crippen LogP contribution in [0.1, 0.15) is 56.3 Å². The lowest BCUT2D eigenvalue weighted by atomic mass is 9.89. The molecule has 2 aliphatic heterocycles. The number of hydrogen-bond donors (Lipinski definition) is 3. The van der Waals surface area contributed by atoms with Gasteiger partial charge in [-0.25, -0.2) is 18.1 Å². The van der Waals surface area contributed by atoms with E-state index in [1.807, 2.05) is 31.2 Å². The molecule has 2 fully saturated rings. The molecule has 0 bridgehead atoms. The number of ketones is 1. The van der Waals surface area contributed by atoms with Crippen LogP contribution in [0, 0.1) is 17.8 Å². The third-order valence-corrected chi connectivity index (χ3v) is 9.28. The number of para-hydroxylation sites is 1. The number of carbonyl (C=O) groups excluding carboxylic acids is 4. The van der Waals surface area contributed by atoms with E-state index in [9.17, 15) is 27.6 Å². The van der Waals surface area contributed by atoms with E-state index < -0.39 is 45.9 Å². The largest absolute Gasteiger partial charge is 0.356 e. The van der Waals surface area contributed by atoms with Crippen LogP contribution in [0.15, 0.2) is 24.3 Å². The number of aromatic nitrogens is 1. The fraction of sp³-hybridized carbons (Fsp3) is 0.593. The first-order valence-corrected chi connectivity index (χ1v) is 16.3. The Bertz CT molecular complexity index is 1360. The molecule has 13 heteroatoms. The molecule has 3 N–H and O–H groups in total. The van der Waals surface area contributed by atoms with Gasteiger partial charge in [0.2, 0.25) is 33.5 Å². The molecule has 0 spiro atoms. The van der Waals surface area contributed by atoms with Gasteiger partial charge in [0.15, 0.2) is 5.01 Å². The molecule has 2 saturated heterocycles. The molecule has 3 amide bonds. The lowest BCUT2D eigenvalue weighted by molar-refractivity contribution is -0.145. The molecule has 11 nitrogen and oxygen atoms in total. The number of fused-ring (bicyclic) bond motifs is 1. The number of likely N-dealkylation sites (tertiary alicyclic amines) is 1. The molecule has 0 unspecified atom stereocenters. The zero-order valence-electron chi connectivity index (χ0n) is 23.2. The van der Waals surface area contributed by atoms with Crippen molar-refractivity contribution in [1.82, 2.24) is 25.2 Å². The van der Waals surface area contributed by atoms with E-state index in [1.165, 1.54) is 16.2 Å². The Hall–Kier alpha value is -2.90. The smallest absolute Gasteiger partial charge is 0.243 e. The maximum absolute atomic E-state index is 13.8. The molecule has 1 aromatic heterocycles. The van der Waals surface area contributed by atoms with Crippen LogP contribution >= 0.6 is 11.3 Å². The Morgan fingerprint density at radius 1 is 1.20 bits per heavy atom. The fourth-order valence-electron chi connectivity index (χ4n) is 5.32. The predicted molar refractivity (Wildman–Crippen MR) is 152 cm³/mol. The normalized spacial score (nSPS) is 23.2. The molecule has 5 atom stereocenters. The molecular weight excluding hydrogens is 554 g/mol. The zero-order chi connectivity index (χ0) is 29.2. The van der Waals surface area contributed by atoms with Gasteiger partial charge < -0.3 is 15.5 Å². The summed E-state index contributed by atoms with van der Waals surface area (Å²) in [6.07, 6.45) is 2.70. The quantitative estimate of drug-likeness (QED) is 0.355. The SMILES string of the molecule is CC(C)[C@H](NS(C)(=O)=O)C(=O)N1CC[C@H](C)C[C@H]1C(=O)N[C@@H](C[C@@H]1CCNC1=O)C(=O)c1nc2ccccc2s1. The van der Waals surface area contributed by atoms with Crippen LogP contribution in [-0.4, -0.2) is 79.3 Å². The van der Waals surface area contributed by atoms with Crippen LogP contribution in [0.4, 0.5) is 0 Å². The molecule has 218 valence electrons. The minimum Gasteiger partial charge on any atom is -0.356 e. The molecule has 1 aromatic carbocycles. The van der Waals surface area contributed by atoms with Crippen molar-refractivity contribution in [2.24, 2.45) is 17.8 Å². The summed E-state index contributed by atoms with van der Waals surface area (Å²) < 4.78 is 27.2. The van der Waals surface area contributed by atoms with Gasteiger partial charge in [0.1, 0.15) is 12.1 Å². The number of sulfonamides is 1. The summed E-state index contributed by atoms with van der Waals surface area (Å²) >= 11 is 1.23. The Kier molecular flexibility index (Phi) is 9.26. The summed E-state index contributed by atoms with van der Waals surface area (Å²) in [5, 5.41) is 5.88. The van der Waals surface area contributed by atoms with Crippen LogP contribution in [0.2, 0.25) is 0 Å². The number of rotatable bonds is 10. The van der Waals surface area contributed by atoms with E-state index in [0.717, 1.165) is 11.0 Å². The molecule has 0 saturated carbocycles. The summed E-state index contributed by atoms with van der Waals surface area (Å²) in [5.41, 5.74) is 0.676. The monoisotopic (exact) mass is 591 g/mol. The number of Topliss-reactive ketones (excluding diaryl/α,β-unsaturated/α-hetero) is 1. The second-order valence-electron chi connectivity index (χ2n) is 11.2. The first-order chi connectivity index (χ1) is 18.8. The fourth-order valence-corrected chi connectivity index (χ4v) is 7.11. The zero-order valence-corrected chi connectivity index (χ0v) is 24.8. The first-order valence-electron chi connectivity index (χ1n) is 13.6. The summed E-state index contributed by atoms with van der Waals surface area (Å²) in [6.45, 7) is 6.26. The first kappa shape index (κ1) is 30.1. The van der Waals surface area contributed by atoms with Crippen LogP contribution < -0.4 is 15.4 Å². The van der Waals surface area contributed by atoms with E-state index in [1.54, 1.807) is 13.8 Å². The molecule has 2 aromatic rings. The second-order valence-corrected chi connectivity index (χ2v) is 14.0. The number of nitrogens with one attached hydrogen (secondary N) is 3. The minimum absolute atomic E-state index is 0.118. The van der Waals surface area contributed by atoms with Crippen molar-refractivity contribution in [3.63, 3.8) is 0 Å². The van der Waals surface area contributed by atoms with Gasteiger partial charge in [-0.2, -0.15) is 0 Å². The highest BCUT2D eigenvalue weighted by molar-refractivity contribution is 7.88. The van der Waals surface area contributed by atoms with Gasteiger partial charge in [0.05, 0.1) is 22.5 Å². The number of thiazole rings is 1. The van der Waals surface area contributed by atoms with E-state index in [2.05, 4.69) is 20.3 Å². The van der Waals surface area contributed by atoms with E-state index in [4.69, 9.17) is 0 Å². The van der Waals surface area contributed by atoms with Crippen molar-refractivity contribution in [2.45, 2.75) is 64.6 Å². The molecular formula is C27H37N5O6S2.